The molecule has 4 aromatic rings. The van der Waals surface area contributed by atoms with Gasteiger partial charge in [-0.15, -0.1) is 0 Å². The summed E-state index contributed by atoms with van der Waals surface area (Å²) in [5.74, 6) is 0. The lowest BCUT2D eigenvalue weighted by Crippen LogP contribution is -2.19. The summed E-state index contributed by atoms with van der Waals surface area (Å²) in [7, 11) is 1.97. The Morgan fingerprint density at radius 2 is 1.58 bits per heavy atom. The first-order valence-electron chi connectivity index (χ1n) is 10.7. The van der Waals surface area contributed by atoms with Crippen molar-refractivity contribution in [2.75, 3.05) is 20.1 Å². The molecule has 31 heavy (non-hydrogen) atoms. The summed E-state index contributed by atoms with van der Waals surface area (Å²) in [6.45, 7) is 4.82. The van der Waals surface area contributed by atoms with Gasteiger partial charge < -0.3 is 15.1 Å². The molecule has 2 N–H and O–H groups in total. The molecule has 3 aromatic carbocycles. The highest BCUT2D eigenvalue weighted by Crippen LogP contribution is 2.37. The van der Waals surface area contributed by atoms with Crippen LogP contribution < -0.4 is 10.6 Å². The van der Waals surface area contributed by atoms with Gasteiger partial charge >= 0.3 is 0 Å². The van der Waals surface area contributed by atoms with E-state index in [1.807, 2.05) is 37.6 Å². The second-order valence-corrected chi connectivity index (χ2v) is 7.84. The van der Waals surface area contributed by atoms with Gasteiger partial charge in [-0.3, -0.25) is 0 Å². The number of nitriles is 1. The number of nitrogens with zero attached hydrogens (tertiary/aromatic N) is 1. The summed E-state index contributed by atoms with van der Waals surface area (Å²) < 4.78 is 5.95. The molecule has 0 aliphatic carbocycles. The van der Waals surface area contributed by atoms with E-state index in [0.29, 0.717) is 5.56 Å². The van der Waals surface area contributed by atoms with Crippen molar-refractivity contribution in [3.05, 3.63) is 83.6 Å². The Labute approximate surface area is 183 Å². The molecular formula is C27H27N3O. The summed E-state index contributed by atoms with van der Waals surface area (Å²) >= 11 is 0. The third kappa shape index (κ3) is 4.69. The molecule has 0 bridgehead atoms. The van der Waals surface area contributed by atoms with Gasteiger partial charge in [-0.25, -0.2) is 0 Å². The third-order valence-electron chi connectivity index (χ3n) is 5.58. The fraction of sp³-hybridized carbons (Fsp3) is 0.222. The second-order valence-electron chi connectivity index (χ2n) is 7.84. The van der Waals surface area contributed by atoms with Crippen LogP contribution in [0.4, 0.5) is 0 Å². The Balaban J connectivity index is 1.76. The molecule has 156 valence electrons. The summed E-state index contributed by atoms with van der Waals surface area (Å²) in [5, 5.41) is 17.0. The van der Waals surface area contributed by atoms with Crippen molar-refractivity contribution in [1.29, 1.82) is 5.26 Å². The van der Waals surface area contributed by atoms with Gasteiger partial charge in [0, 0.05) is 17.5 Å². The van der Waals surface area contributed by atoms with Gasteiger partial charge in [0.25, 0.3) is 0 Å². The fourth-order valence-electron chi connectivity index (χ4n) is 3.81. The zero-order valence-electron chi connectivity index (χ0n) is 18.0. The highest BCUT2D eigenvalue weighted by molar-refractivity contribution is 5.95. The Bertz CT molecular complexity index is 1200. The fourth-order valence-corrected chi connectivity index (χ4v) is 3.81. The maximum atomic E-state index is 9.17. The van der Waals surface area contributed by atoms with E-state index in [2.05, 4.69) is 60.0 Å². The largest absolute Gasteiger partial charge is 0.464 e. The summed E-state index contributed by atoms with van der Waals surface area (Å²) in [5.41, 5.74) is 8.44. The second kappa shape index (κ2) is 9.61. The minimum absolute atomic E-state index is 0.663. The standard InChI is InChI=1S/C27H27N3O/c1-19-4-8-21(9-5-19)25-15-27-26(23(18-31-27)17-30-13-3-12-29-2)14-24(25)22-10-6-20(16-28)7-11-22/h4-11,14-15,18,29-30H,3,12-13,17H2,1-2H3. The van der Waals surface area contributed by atoms with Crippen LogP contribution in [0.1, 0.15) is 23.1 Å². The molecular weight excluding hydrogens is 382 g/mol. The topological polar surface area (TPSA) is 61.0 Å². The molecule has 0 saturated heterocycles. The number of hydrogen-bond acceptors (Lipinski definition) is 4. The number of benzene rings is 3. The number of nitrogens with one attached hydrogen (secondary N) is 2. The molecule has 0 amide bonds. The van der Waals surface area contributed by atoms with Crippen molar-refractivity contribution >= 4 is 11.0 Å². The molecule has 0 aliphatic rings. The molecule has 0 atom stereocenters. The van der Waals surface area contributed by atoms with Gasteiger partial charge in [0.1, 0.15) is 5.58 Å². The molecule has 0 unspecified atom stereocenters. The van der Waals surface area contributed by atoms with E-state index >= 15 is 0 Å². The van der Waals surface area contributed by atoms with E-state index < -0.39 is 0 Å². The van der Waals surface area contributed by atoms with Crippen LogP contribution in [0.2, 0.25) is 0 Å². The monoisotopic (exact) mass is 409 g/mol. The van der Waals surface area contributed by atoms with Crippen molar-refractivity contribution in [3.8, 4) is 28.3 Å². The van der Waals surface area contributed by atoms with Crippen molar-refractivity contribution in [2.45, 2.75) is 19.9 Å². The lowest BCUT2D eigenvalue weighted by Gasteiger charge is -2.12. The predicted octanol–water partition coefficient (Wildman–Crippen LogP) is 5.65. The first kappa shape index (κ1) is 20.9. The Kier molecular flexibility index (Phi) is 6.47. The van der Waals surface area contributed by atoms with Crippen LogP contribution in [0.5, 0.6) is 0 Å². The number of rotatable bonds is 8. The molecule has 0 aliphatic heterocycles. The van der Waals surface area contributed by atoms with Gasteiger partial charge in [-0.05, 0) is 80.0 Å². The normalized spacial score (nSPS) is 11.0. The molecule has 0 saturated carbocycles. The molecule has 4 heteroatoms. The van der Waals surface area contributed by atoms with Gasteiger partial charge in [-0.2, -0.15) is 5.26 Å². The SMILES string of the molecule is CNCCCNCc1coc2cc(-c3ccc(C)cc3)c(-c3ccc(C#N)cc3)cc12. The first-order chi connectivity index (χ1) is 15.2. The molecule has 4 rings (SSSR count). The van der Waals surface area contributed by atoms with E-state index in [1.165, 1.54) is 5.56 Å². The minimum Gasteiger partial charge on any atom is -0.464 e. The summed E-state index contributed by atoms with van der Waals surface area (Å²) in [6.07, 6.45) is 2.94. The number of hydrogen-bond donors (Lipinski definition) is 2. The number of furan rings is 1. The average molecular weight is 410 g/mol. The van der Waals surface area contributed by atoms with Crippen LogP contribution in [0.3, 0.4) is 0 Å². The molecule has 0 spiro atoms. The maximum absolute atomic E-state index is 9.17. The predicted molar refractivity (Wildman–Crippen MR) is 127 cm³/mol. The Morgan fingerprint density at radius 1 is 0.903 bits per heavy atom. The lowest BCUT2D eigenvalue weighted by atomic mass is 9.92. The minimum atomic E-state index is 0.663. The zero-order valence-corrected chi connectivity index (χ0v) is 18.0. The smallest absolute Gasteiger partial charge is 0.134 e. The van der Waals surface area contributed by atoms with Crippen molar-refractivity contribution in [1.82, 2.24) is 10.6 Å². The van der Waals surface area contributed by atoms with Crippen molar-refractivity contribution < 1.29 is 4.42 Å². The highest BCUT2D eigenvalue weighted by atomic mass is 16.3. The molecule has 1 heterocycles. The maximum Gasteiger partial charge on any atom is 0.134 e. The van der Waals surface area contributed by atoms with Gasteiger partial charge in [0.05, 0.1) is 17.9 Å². The van der Waals surface area contributed by atoms with Crippen molar-refractivity contribution in [2.24, 2.45) is 0 Å². The van der Waals surface area contributed by atoms with Gasteiger partial charge in [0.2, 0.25) is 0 Å². The summed E-state index contributed by atoms with van der Waals surface area (Å²) in [4.78, 5) is 0. The van der Waals surface area contributed by atoms with E-state index in [0.717, 1.165) is 64.8 Å². The quantitative estimate of drug-likeness (QED) is 0.369. The van der Waals surface area contributed by atoms with Crippen LogP contribution in [0, 0.1) is 18.3 Å². The van der Waals surface area contributed by atoms with Crippen LogP contribution in [-0.4, -0.2) is 20.1 Å². The third-order valence-corrected chi connectivity index (χ3v) is 5.58. The van der Waals surface area contributed by atoms with E-state index in [-0.39, 0.29) is 0 Å². The Hall–Kier alpha value is -3.39. The van der Waals surface area contributed by atoms with E-state index in [4.69, 9.17) is 4.42 Å². The molecule has 0 fully saturated rings. The van der Waals surface area contributed by atoms with Gasteiger partial charge in [0.15, 0.2) is 0 Å². The van der Waals surface area contributed by atoms with Crippen LogP contribution >= 0.6 is 0 Å². The van der Waals surface area contributed by atoms with E-state index in [9.17, 15) is 5.26 Å². The van der Waals surface area contributed by atoms with Gasteiger partial charge in [-0.1, -0.05) is 42.0 Å². The zero-order chi connectivity index (χ0) is 21.6. The molecule has 4 nitrogen and oxygen atoms in total. The first-order valence-corrected chi connectivity index (χ1v) is 10.7. The van der Waals surface area contributed by atoms with Crippen LogP contribution in [0.15, 0.2) is 71.3 Å². The van der Waals surface area contributed by atoms with Crippen LogP contribution in [-0.2, 0) is 6.54 Å². The molecule has 1 aromatic heterocycles. The van der Waals surface area contributed by atoms with E-state index in [1.54, 1.807) is 0 Å². The highest BCUT2D eigenvalue weighted by Gasteiger charge is 2.14. The number of fused-ring (bicyclic) bond motifs is 1. The molecule has 0 radical (unpaired) electrons. The van der Waals surface area contributed by atoms with Crippen LogP contribution in [0.25, 0.3) is 33.2 Å². The average Bonchev–Trinajstić information content (AvgIpc) is 3.20. The van der Waals surface area contributed by atoms with Crippen molar-refractivity contribution in [3.63, 3.8) is 0 Å². The summed E-state index contributed by atoms with van der Waals surface area (Å²) in [6, 6.07) is 22.9. The number of aryl methyl sites for hydroxylation is 1. The lowest BCUT2D eigenvalue weighted by molar-refractivity contribution is 0.594. The Morgan fingerprint density at radius 3 is 2.26 bits per heavy atom.